The van der Waals surface area contributed by atoms with Crippen molar-refractivity contribution < 1.29 is 27.5 Å². The van der Waals surface area contributed by atoms with Crippen LogP contribution in [-0.2, 0) is 14.9 Å². The number of primary amides is 1. The van der Waals surface area contributed by atoms with Crippen molar-refractivity contribution >= 4 is 46.1 Å². The van der Waals surface area contributed by atoms with E-state index in [0.717, 1.165) is 27.3 Å². The van der Waals surface area contributed by atoms with Gasteiger partial charge in [0.1, 0.15) is 10.9 Å². The van der Waals surface area contributed by atoms with Gasteiger partial charge in [0.25, 0.3) is 11.8 Å². The van der Waals surface area contributed by atoms with Gasteiger partial charge in [0.2, 0.25) is 5.88 Å². The fraction of sp³-hybridized carbons (Fsp3) is 0.333. The lowest BCUT2D eigenvalue weighted by atomic mass is 9.94. The molecule has 1 unspecified atom stereocenters. The van der Waals surface area contributed by atoms with Crippen LogP contribution in [-0.4, -0.2) is 30.6 Å². The number of hydrogen-bond donors (Lipinski definition) is 3. The highest BCUT2D eigenvalue weighted by Crippen LogP contribution is 2.36. The summed E-state index contributed by atoms with van der Waals surface area (Å²) >= 11 is 7.28. The molecule has 2 heterocycles. The third-order valence-electron chi connectivity index (χ3n) is 4.56. The van der Waals surface area contributed by atoms with Gasteiger partial charge in [0.05, 0.1) is 16.4 Å². The summed E-state index contributed by atoms with van der Waals surface area (Å²) in [5, 5.41) is 3.77. The summed E-state index contributed by atoms with van der Waals surface area (Å²) in [7, 11) is 0. The Hall–Kier alpha value is -2.76. The number of ether oxygens (including phenoxy) is 1. The van der Waals surface area contributed by atoms with Crippen molar-refractivity contribution in [1.82, 2.24) is 5.43 Å². The number of halogens is 4. The molecule has 1 aliphatic rings. The van der Waals surface area contributed by atoms with Crippen LogP contribution in [0.15, 0.2) is 42.3 Å². The van der Waals surface area contributed by atoms with Crippen LogP contribution < -0.4 is 21.5 Å². The van der Waals surface area contributed by atoms with Crippen LogP contribution >= 0.6 is 22.9 Å². The molecule has 1 aliphatic heterocycles. The Balaban J connectivity index is 1.77. The maximum Gasteiger partial charge on any atom is 0.409 e. The van der Waals surface area contributed by atoms with Crippen molar-refractivity contribution in [2.45, 2.75) is 38.4 Å². The molecule has 0 spiro atoms. The van der Waals surface area contributed by atoms with Crippen molar-refractivity contribution in [2.24, 2.45) is 5.73 Å². The van der Waals surface area contributed by atoms with E-state index >= 15 is 0 Å². The molecule has 0 aliphatic carbocycles. The number of thiophene rings is 1. The minimum absolute atomic E-state index is 0.171. The van der Waals surface area contributed by atoms with Crippen molar-refractivity contribution in [2.75, 3.05) is 16.9 Å². The van der Waals surface area contributed by atoms with Crippen LogP contribution in [0.3, 0.4) is 0 Å². The summed E-state index contributed by atoms with van der Waals surface area (Å²) in [6.07, 6.45) is -3.78. The molecule has 1 atom stereocenters. The molecule has 7 nitrogen and oxygen atoms in total. The number of hydrazine groups is 1. The normalized spacial score (nSPS) is 16.5. The van der Waals surface area contributed by atoms with Gasteiger partial charge in [-0.3, -0.25) is 9.59 Å². The van der Waals surface area contributed by atoms with Crippen molar-refractivity contribution in [3.63, 3.8) is 0 Å². The van der Waals surface area contributed by atoms with E-state index in [2.05, 4.69) is 10.7 Å². The number of benzene rings is 1. The van der Waals surface area contributed by atoms with Gasteiger partial charge in [-0.25, -0.2) is 10.4 Å². The highest BCUT2D eigenvalue weighted by Gasteiger charge is 2.44. The van der Waals surface area contributed by atoms with E-state index in [1.807, 2.05) is 20.8 Å². The Kier molecular flexibility index (Phi) is 6.96. The average molecular weight is 503 g/mol. The van der Waals surface area contributed by atoms with Crippen LogP contribution in [0.25, 0.3) is 0 Å². The zero-order valence-electron chi connectivity index (χ0n) is 17.9. The fourth-order valence-electron chi connectivity index (χ4n) is 2.92. The van der Waals surface area contributed by atoms with Gasteiger partial charge < -0.3 is 15.8 Å². The number of amides is 2. The summed E-state index contributed by atoms with van der Waals surface area (Å²) < 4.78 is 45.3. The third kappa shape index (κ3) is 5.79. The molecule has 1 aromatic heterocycles. The number of nitrogens with zero attached hydrogens (tertiary/aromatic N) is 1. The minimum atomic E-state index is -4.59. The zero-order chi connectivity index (χ0) is 24.6. The monoisotopic (exact) mass is 502 g/mol. The predicted molar refractivity (Wildman–Crippen MR) is 121 cm³/mol. The number of carbonyl (C=O) groups is 2. The summed E-state index contributed by atoms with van der Waals surface area (Å²) in [6.45, 7) is 5.21. The molecule has 2 amide bonds. The Morgan fingerprint density at radius 3 is 2.52 bits per heavy atom. The third-order valence-corrected chi connectivity index (χ3v) is 6.46. The van der Waals surface area contributed by atoms with E-state index in [1.54, 1.807) is 18.2 Å². The summed E-state index contributed by atoms with van der Waals surface area (Å²) in [4.78, 5) is 25.3. The molecule has 2 aromatic rings. The second-order valence-electron chi connectivity index (χ2n) is 8.24. The van der Waals surface area contributed by atoms with E-state index in [1.165, 1.54) is 12.1 Å². The van der Waals surface area contributed by atoms with E-state index in [0.29, 0.717) is 0 Å². The van der Waals surface area contributed by atoms with Crippen LogP contribution in [0.4, 0.5) is 24.5 Å². The van der Waals surface area contributed by atoms with Crippen molar-refractivity contribution in [3.8, 4) is 0 Å². The Bertz CT molecular complexity index is 1100. The molecule has 0 fully saturated rings. The number of para-hydroxylation sites is 1. The maximum absolute atomic E-state index is 13.3. The lowest BCUT2D eigenvalue weighted by molar-refractivity contribution is -0.142. The van der Waals surface area contributed by atoms with E-state index in [9.17, 15) is 22.8 Å². The number of anilines is 2. The molecule has 12 heteroatoms. The fourth-order valence-corrected chi connectivity index (χ4v) is 4.16. The number of carbonyl (C=O) groups excluding carboxylic acids is 2. The predicted octanol–water partition coefficient (Wildman–Crippen LogP) is 4.55. The number of alkyl halides is 3. The minimum Gasteiger partial charge on any atom is -0.468 e. The smallest absolute Gasteiger partial charge is 0.409 e. The van der Waals surface area contributed by atoms with Gasteiger partial charge in [0.15, 0.2) is 6.61 Å². The molecule has 0 saturated carbocycles. The van der Waals surface area contributed by atoms with Crippen molar-refractivity contribution in [1.29, 1.82) is 0 Å². The first-order valence-corrected chi connectivity index (χ1v) is 10.9. The van der Waals surface area contributed by atoms with E-state index < -0.39 is 30.6 Å². The maximum atomic E-state index is 13.3. The molecule has 178 valence electrons. The number of hydrogen-bond acceptors (Lipinski definition) is 6. The quantitative estimate of drug-likeness (QED) is 0.538. The van der Waals surface area contributed by atoms with Gasteiger partial charge in [-0.05, 0) is 23.6 Å². The molecular formula is C21H22ClF3N4O3S. The lowest BCUT2D eigenvalue weighted by Crippen LogP contribution is -2.45. The van der Waals surface area contributed by atoms with Crippen LogP contribution in [0.2, 0.25) is 5.02 Å². The van der Waals surface area contributed by atoms with Gasteiger partial charge in [0, 0.05) is 11.0 Å². The van der Waals surface area contributed by atoms with Crippen molar-refractivity contribution in [3.05, 3.63) is 57.1 Å². The highest BCUT2D eigenvalue weighted by atomic mass is 35.5. The lowest BCUT2D eigenvalue weighted by Gasteiger charge is -2.25. The number of nitrogens with two attached hydrogens (primary N) is 1. The molecule has 4 N–H and O–H groups in total. The van der Waals surface area contributed by atoms with E-state index in [-0.39, 0.29) is 32.6 Å². The SMILES string of the molecule is CC(C)(C)c1cc(NC(=O)COC2=CC(C(F)(F)F)NN2c2ccccc2Cl)c(C(N)=O)s1. The Morgan fingerprint density at radius 2 is 1.94 bits per heavy atom. The average Bonchev–Trinajstić information content (AvgIpc) is 3.31. The molecule has 1 aromatic carbocycles. The Morgan fingerprint density at radius 1 is 1.27 bits per heavy atom. The Labute approximate surface area is 197 Å². The van der Waals surface area contributed by atoms with Crippen LogP contribution in [0.5, 0.6) is 0 Å². The van der Waals surface area contributed by atoms with Crippen LogP contribution in [0.1, 0.15) is 35.3 Å². The zero-order valence-corrected chi connectivity index (χ0v) is 19.5. The summed E-state index contributed by atoms with van der Waals surface area (Å²) in [5.41, 5.74) is 7.85. The van der Waals surface area contributed by atoms with Gasteiger partial charge in [-0.15, -0.1) is 11.3 Å². The largest absolute Gasteiger partial charge is 0.468 e. The van der Waals surface area contributed by atoms with Crippen LogP contribution in [0, 0.1) is 0 Å². The second kappa shape index (κ2) is 9.24. The first-order chi connectivity index (χ1) is 15.3. The molecular weight excluding hydrogens is 481 g/mol. The summed E-state index contributed by atoms with van der Waals surface area (Å²) in [5.74, 6) is -1.62. The summed E-state index contributed by atoms with van der Waals surface area (Å²) in [6, 6.07) is 5.86. The highest BCUT2D eigenvalue weighted by molar-refractivity contribution is 7.14. The number of nitrogens with one attached hydrogen (secondary N) is 2. The molecule has 0 bridgehead atoms. The molecule has 3 rings (SSSR count). The standard InChI is InChI=1S/C21H22ClF3N4O3S/c1-20(2,3)15-8-12(18(33-15)19(26)31)27-16(30)10-32-17-9-14(21(23,24)25)28-29(17)13-7-5-4-6-11(13)22/h4-9,14,28H,10H2,1-3H3,(H2,26,31)(H,27,30). The van der Waals surface area contributed by atoms with Gasteiger partial charge >= 0.3 is 6.18 Å². The van der Waals surface area contributed by atoms with Gasteiger partial charge in [-0.2, -0.15) is 13.2 Å². The molecule has 33 heavy (non-hydrogen) atoms. The molecule has 0 saturated heterocycles. The second-order valence-corrected chi connectivity index (χ2v) is 9.70. The topological polar surface area (TPSA) is 96.7 Å². The first-order valence-electron chi connectivity index (χ1n) is 9.73. The number of rotatable bonds is 6. The first kappa shape index (κ1) is 24.9. The van der Waals surface area contributed by atoms with Gasteiger partial charge in [-0.1, -0.05) is 44.5 Å². The molecule has 0 radical (unpaired) electrons. The van der Waals surface area contributed by atoms with E-state index in [4.69, 9.17) is 22.1 Å².